The predicted octanol–water partition coefficient (Wildman–Crippen LogP) is 0.347. The molecule has 0 saturated carbocycles. The first-order valence-corrected chi connectivity index (χ1v) is 7.57. The van der Waals surface area contributed by atoms with Gasteiger partial charge in [0.05, 0.1) is 18.6 Å². The van der Waals surface area contributed by atoms with Gasteiger partial charge in [-0.15, -0.1) is 0 Å². The topological polar surface area (TPSA) is 70.1 Å². The zero-order valence-electron chi connectivity index (χ0n) is 13.5. The number of amides is 2. The maximum absolute atomic E-state index is 12.4. The summed E-state index contributed by atoms with van der Waals surface area (Å²) in [7, 11) is 3.20. The Morgan fingerprint density at radius 1 is 1.43 bits per heavy atom. The van der Waals surface area contributed by atoms with Crippen molar-refractivity contribution < 1.29 is 19.4 Å². The Labute approximate surface area is 127 Å². The summed E-state index contributed by atoms with van der Waals surface area (Å²) in [6.45, 7) is 5.43. The van der Waals surface area contributed by atoms with E-state index in [0.29, 0.717) is 6.54 Å². The van der Waals surface area contributed by atoms with Crippen LogP contribution in [0.4, 0.5) is 0 Å². The van der Waals surface area contributed by atoms with E-state index in [4.69, 9.17) is 4.74 Å². The van der Waals surface area contributed by atoms with Crippen molar-refractivity contribution >= 4 is 11.8 Å². The number of carbonyl (C=O) groups excluding carboxylic acids is 2. The Hall–Kier alpha value is -1.14. The highest BCUT2D eigenvalue weighted by atomic mass is 16.5. The van der Waals surface area contributed by atoms with Crippen molar-refractivity contribution in [1.82, 2.24) is 9.80 Å². The van der Waals surface area contributed by atoms with Crippen molar-refractivity contribution in [3.8, 4) is 0 Å². The minimum absolute atomic E-state index is 0.00795. The molecular weight excluding hydrogens is 272 g/mol. The smallest absolute Gasteiger partial charge is 0.227 e. The average molecular weight is 300 g/mol. The van der Waals surface area contributed by atoms with E-state index in [1.165, 1.54) is 12.0 Å². The number of piperidine rings is 1. The largest absolute Gasteiger partial charge is 0.389 e. The monoisotopic (exact) mass is 300 g/mol. The molecule has 6 nitrogen and oxygen atoms in total. The molecule has 1 fully saturated rings. The molecular formula is C15H28N2O4. The SMILES string of the molecule is COCC(O)CN(C)C(=O)C1CCCN(C(=O)C(C)C)C1. The molecule has 1 saturated heterocycles. The maximum atomic E-state index is 12.4. The lowest BCUT2D eigenvalue weighted by atomic mass is 9.95. The van der Waals surface area contributed by atoms with Gasteiger partial charge in [0.15, 0.2) is 0 Å². The molecule has 1 rings (SSSR count). The van der Waals surface area contributed by atoms with Gasteiger partial charge in [0, 0.05) is 39.7 Å². The molecule has 2 amide bonds. The summed E-state index contributed by atoms with van der Waals surface area (Å²) in [5.74, 6) is -0.109. The maximum Gasteiger partial charge on any atom is 0.227 e. The van der Waals surface area contributed by atoms with Gasteiger partial charge in [0.2, 0.25) is 11.8 Å². The quantitative estimate of drug-likeness (QED) is 0.768. The van der Waals surface area contributed by atoms with Crippen LogP contribution in [0.1, 0.15) is 26.7 Å². The Morgan fingerprint density at radius 2 is 2.10 bits per heavy atom. The molecule has 0 aliphatic carbocycles. The molecule has 1 aliphatic rings. The molecule has 0 radical (unpaired) electrons. The number of nitrogens with zero attached hydrogens (tertiary/aromatic N) is 2. The van der Waals surface area contributed by atoms with Crippen molar-refractivity contribution in [2.75, 3.05) is 40.4 Å². The van der Waals surface area contributed by atoms with E-state index in [2.05, 4.69) is 0 Å². The number of likely N-dealkylation sites (N-methyl/N-ethyl adjacent to an activating group) is 1. The normalized spacial score (nSPS) is 20.5. The molecule has 1 heterocycles. The molecule has 1 N–H and O–H groups in total. The van der Waals surface area contributed by atoms with E-state index >= 15 is 0 Å². The molecule has 0 aromatic carbocycles. The van der Waals surface area contributed by atoms with Gasteiger partial charge < -0.3 is 19.6 Å². The molecule has 0 bridgehead atoms. The number of methoxy groups -OCH3 is 1. The Balaban J connectivity index is 2.55. The van der Waals surface area contributed by atoms with E-state index in [-0.39, 0.29) is 36.8 Å². The second-order valence-electron chi connectivity index (χ2n) is 6.11. The van der Waals surface area contributed by atoms with Gasteiger partial charge in [-0.05, 0) is 12.8 Å². The van der Waals surface area contributed by atoms with Crippen molar-refractivity contribution in [1.29, 1.82) is 0 Å². The van der Waals surface area contributed by atoms with Crippen LogP contribution in [-0.2, 0) is 14.3 Å². The molecule has 0 aromatic heterocycles. The van der Waals surface area contributed by atoms with Crippen LogP contribution in [0, 0.1) is 11.8 Å². The summed E-state index contributed by atoms with van der Waals surface area (Å²) >= 11 is 0. The second kappa shape index (κ2) is 8.34. The van der Waals surface area contributed by atoms with Crippen molar-refractivity contribution in [3.63, 3.8) is 0 Å². The van der Waals surface area contributed by atoms with Crippen molar-refractivity contribution in [2.45, 2.75) is 32.8 Å². The summed E-state index contributed by atoms with van der Waals surface area (Å²) in [5.41, 5.74) is 0. The summed E-state index contributed by atoms with van der Waals surface area (Å²) in [5, 5.41) is 9.70. The standard InChI is InChI=1S/C15H28N2O4/c1-11(2)14(19)17-7-5-6-12(8-17)15(20)16(3)9-13(18)10-21-4/h11-13,18H,5-10H2,1-4H3. The van der Waals surface area contributed by atoms with Crippen LogP contribution in [0.2, 0.25) is 0 Å². The summed E-state index contributed by atoms with van der Waals surface area (Å²) < 4.78 is 4.86. The molecule has 6 heteroatoms. The van der Waals surface area contributed by atoms with Gasteiger partial charge in [-0.1, -0.05) is 13.8 Å². The Bertz CT molecular complexity index is 360. The molecule has 1 aliphatic heterocycles. The lowest BCUT2D eigenvalue weighted by molar-refractivity contribution is -0.142. The first-order valence-electron chi connectivity index (χ1n) is 7.57. The first-order chi connectivity index (χ1) is 9.86. The van der Waals surface area contributed by atoms with E-state index in [1.54, 1.807) is 11.9 Å². The van der Waals surface area contributed by atoms with E-state index < -0.39 is 6.10 Å². The summed E-state index contributed by atoms with van der Waals surface area (Å²) in [4.78, 5) is 27.8. The first kappa shape index (κ1) is 17.9. The molecule has 0 aromatic rings. The number of hydrogen-bond acceptors (Lipinski definition) is 4. The van der Waals surface area contributed by atoms with Gasteiger partial charge in [-0.2, -0.15) is 0 Å². The van der Waals surface area contributed by atoms with E-state index in [0.717, 1.165) is 19.4 Å². The lowest BCUT2D eigenvalue weighted by Crippen LogP contribution is -2.48. The third-order valence-electron chi connectivity index (χ3n) is 3.80. The minimum Gasteiger partial charge on any atom is -0.389 e. The van der Waals surface area contributed by atoms with Crippen LogP contribution < -0.4 is 0 Å². The number of aliphatic hydroxyl groups is 1. The Kier molecular flexibility index (Phi) is 7.11. The number of ether oxygens (including phenoxy) is 1. The molecule has 2 atom stereocenters. The van der Waals surface area contributed by atoms with Crippen LogP contribution in [0.5, 0.6) is 0 Å². The number of carbonyl (C=O) groups is 2. The van der Waals surface area contributed by atoms with Gasteiger partial charge in [-0.3, -0.25) is 9.59 Å². The van der Waals surface area contributed by atoms with Crippen LogP contribution in [-0.4, -0.2) is 73.2 Å². The van der Waals surface area contributed by atoms with E-state index in [9.17, 15) is 14.7 Å². The van der Waals surface area contributed by atoms with Gasteiger partial charge in [-0.25, -0.2) is 0 Å². The number of hydrogen-bond donors (Lipinski definition) is 1. The third-order valence-corrected chi connectivity index (χ3v) is 3.80. The summed E-state index contributed by atoms with van der Waals surface area (Å²) in [6.07, 6.45) is 0.968. The van der Waals surface area contributed by atoms with Gasteiger partial charge in [0.1, 0.15) is 0 Å². The van der Waals surface area contributed by atoms with Crippen LogP contribution >= 0.6 is 0 Å². The number of aliphatic hydroxyl groups excluding tert-OH is 1. The highest BCUT2D eigenvalue weighted by molar-refractivity contribution is 5.82. The predicted molar refractivity (Wildman–Crippen MR) is 79.7 cm³/mol. The van der Waals surface area contributed by atoms with Crippen LogP contribution in [0.3, 0.4) is 0 Å². The fraction of sp³-hybridized carbons (Fsp3) is 0.867. The third kappa shape index (κ3) is 5.28. The number of likely N-dealkylation sites (tertiary alicyclic amines) is 1. The van der Waals surface area contributed by atoms with Crippen molar-refractivity contribution in [2.24, 2.45) is 11.8 Å². The van der Waals surface area contributed by atoms with Crippen molar-refractivity contribution in [3.05, 3.63) is 0 Å². The van der Waals surface area contributed by atoms with Gasteiger partial charge in [0.25, 0.3) is 0 Å². The number of rotatable bonds is 6. The highest BCUT2D eigenvalue weighted by Gasteiger charge is 2.31. The molecule has 0 spiro atoms. The highest BCUT2D eigenvalue weighted by Crippen LogP contribution is 2.20. The lowest BCUT2D eigenvalue weighted by Gasteiger charge is -2.35. The van der Waals surface area contributed by atoms with Crippen LogP contribution in [0.25, 0.3) is 0 Å². The van der Waals surface area contributed by atoms with E-state index in [1.807, 2.05) is 13.8 Å². The molecule has 2 unspecified atom stereocenters. The second-order valence-corrected chi connectivity index (χ2v) is 6.11. The van der Waals surface area contributed by atoms with Gasteiger partial charge >= 0.3 is 0 Å². The molecule has 122 valence electrons. The summed E-state index contributed by atoms with van der Waals surface area (Å²) in [6, 6.07) is 0. The molecule has 21 heavy (non-hydrogen) atoms. The fourth-order valence-electron chi connectivity index (χ4n) is 2.71. The zero-order valence-corrected chi connectivity index (χ0v) is 13.5. The van der Waals surface area contributed by atoms with Crippen LogP contribution in [0.15, 0.2) is 0 Å². The average Bonchev–Trinajstić information content (AvgIpc) is 2.45. The fourth-order valence-corrected chi connectivity index (χ4v) is 2.71. The Morgan fingerprint density at radius 3 is 2.67 bits per heavy atom. The zero-order chi connectivity index (χ0) is 16.0. The minimum atomic E-state index is -0.680.